The Morgan fingerprint density at radius 3 is 2.51 bits per heavy atom. The van der Waals surface area contributed by atoms with Gasteiger partial charge < -0.3 is 14.3 Å². The Hall–Kier alpha value is -3.59. The van der Waals surface area contributed by atoms with Gasteiger partial charge in [0.05, 0.1) is 11.8 Å². The van der Waals surface area contributed by atoms with E-state index in [1.165, 1.54) is 43.5 Å². The molecule has 0 amide bonds. The molecule has 3 aromatic rings. The van der Waals surface area contributed by atoms with Gasteiger partial charge in [0.25, 0.3) is 0 Å². The van der Waals surface area contributed by atoms with Gasteiger partial charge in [0.15, 0.2) is 0 Å². The number of aryl methyl sites for hydroxylation is 2. The molecule has 0 saturated carbocycles. The smallest absolute Gasteiger partial charge is 0.432 e. The normalized spacial score (nSPS) is 17.0. The molecule has 4 rings (SSSR count). The maximum Gasteiger partial charge on any atom is 0.432 e. The Balaban J connectivity index is 1.53. The van der Waals surface area contributed by atoms with Gasteiger partial charge in [-0.05, 0) is 62.2 Å². The molecule has 0 radical (unpaired) electrons. The highest BCUT2D eigenvalue weighted by Crippen LogP contribution is 2.51. The molecule has 10 heteroatoms. The molecule has 0 fully saturated rings. The number of benzene rings is 2. The van der Waals surface area contributed by atoms with E-state index in [-0.39, 0.29) is 17.9 Å². The number of fused-ring (bicyclic) bond motifs is 1. The second kappa shape index (κ2) is 10.0. The Morgan fingerprint density at radius 2 is 1.86 bits per heavy atom. The van der Waals surface area contributed by atoms with E-state index in [0.29, 0.717) is 33.2 Å². The lowest BCUT2D eigenvalue weighted by molar-refractivity contribution is -0.248. The van der Waals surface area contributed by atoms with E-state index in [9.17, 15) is 18.0 Å². The molecule has 1 aromatic heterocycles. The molecular formula is C27H24ClF3N2O4. The van der Waals surface area contributed by atoms with Crippen molar-refractivity contribution in [1.29, 1.82) is 0 Å². The molecule has 6 nitrogen and oxygen atoms in total. The minimum atomic E-state index is -4.66. The third-order valence-electron chi connectivity index (χ3n) is 6.24. The molecular weight excluding hydrogens is 509 g/mol. The van der Waals surface area contributed by atoms with Gasteiger partial charge >= 0.3 is 12.1 Å². The zero-order valence-corrected chi connectivity index (χ0v) is 21.3. The first kappa shape index (κ1) is 26.5. The predicted molar refractivity (Wildman–Crippen MR) is 132 cm³/mol. The lowest BCUT2D eigenvalue weighted by Crippen LogP contribution is -2.46. The van der Waals surface area contributed by atoms with Gasteiger partial charge in [-0.25, -0.2) is 0 Å². The summed E-state index contributed by atoms with van der Waals surface area (Å²) in [6, 6.07) is 10.1. The van der Waals surface area contributed by atoms with E-state index in [0.717, 1.165) is 11.3 Å². The number of rotatable bonds is 6. The SMILES string of the molecule is CC(=O)Oc1c(C)c(C)nc(C)c1CO/N=C/c1ccc2c(c1)CC(c1ccc(Cl)cc1)(C(F)(F)F)O2. The number of halogens is 4. The lowest BCUT2D eigenvalue weighted by atomic mass is 9.88. The zero-order valence-electron chi connectivity index (χ0n) is 20.6. The number of hydrogen-bond donors (Lipinski definition) is 0. The molecule has 2 aromatic carbocycles. The average Bonchev–Trinajstić information content (AvgIpc) is 3.22. The van der Waals surface area contributed by atoms with Gasteiger partial charge in [-0.3, -0.25) is 9.78 Å². The van der Waals surface area contributed by atoms with Crippen LogP contribution in [0.2, 0.25) is 5.02 Å². The monoisotopic (exact) mass is 532 g/mol. The summed E-state index contributed by atoms with van der Waals surface area (Å²) in [5.41, 5.74) is 1.05. The van der Waals surface area contributed by atoms with Crippen molar-refractivity contribution in [1.82, 2.24) is 4.98 Å². The summed E-state index contributed by atoms with van der Waals surface area (Å²) in [6.45, 7) is 6.68. The number of carbonyl (C=O) groups excluding carboxylic acids is 1. The van der Waals surface area contributed by atoms with E-state index in [4.69, 9.17) is 25.9 Å². The summed E-state index contributed by atoms with van der Waals surface area (Å²) in [5, 5.41) is 4.29. The van der Waals surface area contributed by atoms with Crippen LogP contribution in [0.1, 0.15) is 46.1 Å². The number of pyridine rings is 1. The molecule has 1 aliphatic heterocycles. The van der Waals surface area contributed by atoms with Crippen LogP contribution in [0.3, 0.4) is 0 Å². The van der Waals surface area contributed by atoms with E-state index in [1.807, 2.05) is 6.92 Å². The largest absolute Gasteiger partial charge is 0.472 e. The summed E-state index contributed by atoms with van der Waals surface area (Å²) in [4.78, 5) is 21.4. The van der Waals surface area contributed by atoms with Crippen LogP contribution < -0.4 is 9.47 Å². The maximum absolute atomic E-state index is 14.2. The van der Waals surface area contributed by atoms with Crippen LogP contribution >= 0.6 is 11.6 Å². The molecule has 0 aliphatic carbocycles. The molecule has 194 valence electrons. The number of alkyl halides is 3. The van der Waals surface area contributed by atoms with Gasteiger partial charge in [-0.15, -0.1) is 0 Å². The first-order valence-corrected chi connectivity index (χ1v) is 11.7. The Morgan fingerprint density at radius 1 is 1.16 bits per heavy atom. The van der Waals surface area contributed by atoms with Crippen molar-refractivity contribution >= 4 is 23.8 Å². The number of carbonyl (C=O) groups is 1. The topological polar surface area (TPSA) is 70.0 Å². The average molecular weight is 533 g/mol. The molecule has 0 spiro atoms. The second-order valence-corrected chi connectivity index (χ2v) is 9.23. The van der Waals surface area contributed by atoms with E-state index in [1.54, 1.807) is 26.0 Å². The number of esters is 1. The second-order valence-electron chi connectivity index (χ2n) is 8.79. The van der Waals surface area contributed by atoms with Gasteiger partial charge in [0.2, 0.25) is 5.60 Å². The van der Waals surface area contributed by atoms with Gasteiger partial charge in [0, 0.05) is 40.9 Å². The molecule has 2 heterocycles. The third-order valence-corrected chi connectivity index (χ3v) is 6.49. The molecule has 37 heavy (non-hydrogen) atoms. The summed E-state index contributed by atoms with van der Waals surface area (Å²) >= 11 is 5.87. The molecule has 0 bridgehead atoms. The van der Waals surface area contributed by atoms with Crippen molar-refractivity contribution in [2.75, 3.05) is 0 Å². The van der Waals surface area contributed by atoms with Crippen molar-refractivity contribution in [2.24, 2.45) is 5.16 Å². The van der Waals surface area contributed by atoms with E-state index < -0.39 is 24.2 Å². The fourth-order valence-corrected chi connectivity index (χ4v) is 4.35. The quantitative estimate of drug-likeness (QED) is 0.205. The highest BCUT2D eigenvalue weighted by molar-refractivity contribution is 6.30. The van der Waals surface area contributed by atoms with Crippen LogP contribution in [0.15, 0.2) is 47.6 Å². The van der Waals surface area contributed by atoms with Crippen molar-refractivity contribution in [2.45, 2.75) is 52.5 Å². The predicted octanol–water partition coefficient (Wildman–Crippen LogP) is 6.53. The summed E-state index contributed by atoms with van der Waals surface area (Å²) in [5.74, 6) is 0.0630. The van der Waals surface area contributed by atoms with Crippen LogP contribution in [0.25, 0.3) is 0 Å². The van der Waals surface area contributed by atoms with Crippen molar-refractivity contribution < 1.29 is 32.3 Å². The maximum atomic E-state index is 14.2. The molecule has 0 saturated heterocycles. The minimum absolute atomic E-state index is 0.0130. The zero-order chi connectivity index (χ0) is 27.0. The van der Waals surface area contributed by atoms with Crippen molar-refractivity contribution in [3.63, 3.8) is 0 Å². The van der Waals surface area contributed by atoms with Crippen LogP contribution in [-0.4, -0.2) is 23.3 Å². The Labute approximate surface area is 217 Å². The van der Waals surface area contributed by atoms with Gasteiger partial charge in [0.1, 0.15) is 18.1 Å². The number of nitrogens with zero attached hydrogens (tertiary/aromatic N) is 2. The highest BCUT2D eigenvalue weighted by Gasteiger charge is 2.61. The number of hydrogen-bond acceptors (Lipinski definition) is 6. The van der Waals surface area contributed by atoms with Crippen molar-refractivity contribution in [3.05, 3.63) is 86.7 Å². The first-order chi connectivity index (χ1) is 17.4. The van der Waals surface area contributed by atoms with E-state index in [2.05, 4.69) is 10.1 Å². The fraction of sp³-hybridized carbons (Fsp3) is 0.296. The summed E-state index contributed by atoms with van der Waals surface area (Å²) < 4.78 is 53.6. The first-order valence-electron chi connectivity index (χ1n) is 11.4. The molecule has 1 aliphatic rings. The fourth-order valence-electron chi connectivity index (χ4n) is 4.22. The molecule has 1 atom stereocenters. The minimum Gasteiger partial charge on any atom is -0.472 e. The van der Waals surface area contributed by atoms with Crippen LogP contribution in [0.5, 0.6) is 11.5 Å². The molecule has 0 N–H and O–H groups in total. The number of aromatic nitrogens is 1. The summed E-state index contributed by atoms with van der Waals surface area (Å²) in [7, 11) is 0. The third kappa shape index (κ3) is 5.27. The summed E-state index contributed by atoms with van der Waals surface area (Å²) in [6.07, 6.45) is -3.66. The van der Waals surface area contributed by atoms with E-state index >= 15 is 0 Å². The Kier molecular flexibility index (Phi) is 7.19. The highest BCUT2D eigenvalue weighted by atomic mass is 35.5. The number of ether oxygens (including phenoxy) is 2. The van der Waals surface area contributed by atoms with Gasteiger partial charge in [-0.1, -0.05) is 28.9 Å². The van der Waals surface area contributed by atoms with Crippen molar-refractivity contribution in [3.8, 4) is 11.5 Å². The van der Waals surface area contributed by atoms with Crippen LogP contribution in [0, 0.1) is 20.8 Å². The van der Waals surface area contributed by atoms with Crippen LogP contribution in [-0.2, 0) is 28.3 Å². The number of oxime groups is 1. The molecule has 1 unspecified atom stereocenters. The Bertz CT molecular complexity index is 1370. The van der Waals surface area contributed by atoms with Crippen LogP contribution in [0.4, 0.5) is 13.2 Å². The van der Waals surface area contributed by atoms with Gasteiger partial charge in [-0.2, -0.15) is 13.2 Å². The standard InChI is InChI=1S/C27H24ClF3N2O4/c1-15-16(2)33-17(3)23(25(15)36-18(4)34)14-35-32-13-19-5-10-24-20(11-19)12-26(37-24,27(29,30)31)21-6-8-22(28)9-7-21/h5-11,13H,12,14H2,1-4H3/b32-13+. The lowest BCUT2D eigenvalue weighted by Gasteiger charge is -2.31.